The van der Waals surface area contributed by atoms with Crippen LogP contribution in [0.25, 0.3) is 0 Å². The molecule has 3 heterocycles. The third kappa shape index (κ3) is 2.80. The molecule has 24 heavy (non-hydrogen) atoms. The van der Waals surface area contributed by atoms with Crippen LogP contribution in [0.2, 0.25) is 0 Å². The zero-order valence-corrected chi connectivity index (χ0v) is 14.3. The molecule has 128 valence electrons. The summed E-state index contributed by atoms with van der Waals surface area (Å²) in [5.41, 5.74) is 2.24. The molecule has 0 spiro atoms. The van der Waals surface area contributed by atoms with Crippen LogP contribution in [0, 0.1) is 6.92 Å². The van der Waals surface area contributed by atoms with Crippen LogP contribution >= 0.6 is 0 Å². The van der Waals surface area contributed by atoms with Crippen molar-refractivity contribution in [2.75, 3.05) is 6.54 Å². The van der Waals surface area contributed by atoms with E-state index in [0.717, 1.165) is 17.7 Å². The van der Waals surface area contributed by atoms with E-state index >= 15 is 0 Å². The minimum atomic E-state index is -0.378. The van der Waals surface area contributed by atoms with Crippen LogP contribution in [-0.2, 0) is 13.0 Å². The Morgan fingerprint density at radius 3 is 2.96 bits per heavy atom. The van der Waals surface area contributed by atoms with Crippen LogP contribution < -0.4 is 4.74 Å². The van der Waals surface area contributed by atoms with E-state index in [0.29, 0.717) is 31.2 Å². The van der Waals surface area contributed by atoms with Crippen molar-refractivity contribution < 1.29 is 14.4 Å². The van der Waals surface area contributed by atoms with Crippen molar-refractivity contribution in [1.82, 2.24) is 15.0 Å². The Balaban J connectivity index is 1.60. The molecule has 0 amide bonds. The Hall–Kier alpha value is -1.92. The van der Waals surface area contributed by atoms with Crippen molar-refractivity contribution in [3.63, 3.8) is 0 Å². The van der Waals surface area contributed by atoms with E-state index in [1.54, 1.807) is 0 Å². The number of rotatable bonds is 3. The quantitative estimate of drug-likeness (QED) is 0.932. The molecule has 0 radical (unpaired) electrons. The van der Waals surface area contributed by atoms with Gasteiger partial charge in [-0.3, -0.25) is 4.90 Å². The summed E-state index contributed by atoms with van der Waals surface area (Å²) >= 11 is 0. The first-order chi connectivity index (χ1) is 11.4. The number of hydrogen-bond acceptors (Lipinski definition) is 6. The Labute approximate surface area is 141 Å². The number of aryl methyl sites for hydroxylation is 1. The summed E-state index contributed by atoms with van der Waals surface area (Å²) in [7, 11) is 0. The molecule has 2 atom stereocenters. The largest absolute Gasteiger partial charge is 0.487 e. The molecule has 1 N–H and O–H groups in total. The Bertz CT molecular complexity index is 756. The van der Waals surface area contributed by atoms with E-state index in [4.69, 9.17) is 9.26 Å². The van der Waals surface area contributed by atoms with Gasteiger partial charge in [-0.05, 0) is 32.8 Å². The highest BCUT2D eigenvalue weighted by atomic mass is 16.5. The number of aliphatic hydroxyl groups excluding tert-OH is 1. The van der Waals surface area contributed by atoms with Crippen LogP contribution in [0.3, 0.4) is 0 Å². The first kappa shape index (κ1) is 15.6. The number of likely N-dealkylation sites (tertiary alicyclic amines) is 1. The number of ether oxygens (including phenoxy) is 1. The Morgan fingerprint density at radius 2 is 2.21 bits per heavy atom. The number of aromatic nitrogens is 2. The third-order valence-corrected chi connectivity index (χ3v) is 4.76. The smallest absolute Gasteiger partial charge is 0.244 e. The molecule has 1 aromatic carbocycles. The molecule has 0 saturated carbocycles. The highest BCUT2D eigenvalue weighted by molar-refractivity contribution is 5.45. The van der Waals surface area contributed by atoms with Crippen LogP contribution in [0.15, 0.2) is 22.7 Å². The third-order valence-electron chi connectivity index (χ3n) is 4.76. The highest BCUT2D eigenvalue weighted by Crippen LogP contribution is 2.40. The number of para-hydroxylation sites is 1. The molecular formula is C18H23N3O3. The molecule has 0 bridgehead atoms. The van der Waals surface area contributed by atoms with Crippen molar-refractivity contribution in [2.24, 2.45) is 0 Å². The first-order valence-electron chi connectivity index (χ1n) is 8.43. The molecule has 2 aliphatic heterocycles. The average molecular weight is 329 g/mol. The SMILES string of the molecule is Cc1noc([C@H]2C[C@@H](O)CN2Cc2cccc3c2OC(C)(C)C3)n1. The number of aliphatic hydroxyl groups is 1. The second-order valence-electron chi connectivity index (χ2n) is 7.46. The second kappa shape index (κ2) is 5.57. The lowest BCUT2D eigenvalue weighted by molar-refractivity contribution is 0.132. The van der Waals surface area contributed by atoms with Gasteiger partial charge < -0.3 is 14.4 Å². The van der Waals surface area contributed by atoms with E-state index in [-0.39, 0.29) is 17.7 Å². The summed E-state index contributed by atoms with van der Waals surface area (Å²) < 4.78 is 11.5. The van der Waals surface area contributed by atoms with Gasteiger partial charge in [-0.1, -0.05) is 23.4 Å². The Morgan fingerprint density at radius 1 is 1.38 bits per heavy atom. The lowest BCUT2D eigenvalue weighted by Gasteiger charge is -2.23. The van der Waals surface area contributed by atoms with Gasteiger partial charge in [0.2, 0.25) is 5.89 Å². The second-order valence-corrected chi connectivity index (χ2v) is 7.46. The van der Waals surface area contributed by atoms with E-state index in [9.17, 15) is 5.11 Å². The van der Waals surface area contributed by atoms with E-state index in [1.165, 1.54) is 5.56 Å². The molecule has 6 heteroatoms. The van der Waals surface area contributed by atoms with E-state index in [2.05, 4.69) is 47.1 Å². The summed E-state index contributed by atoms with van der Waals surface area (Å²) in [5.74, 6) is 2.19. The van der Waals surface area contributed by atoms with Gasteiger partial charge in [-0.15, -0.1) is 0 Å². The molecule has 0 unspecified atom stereocenters. The van der Waals surface area contributed by atoms with Crippen molar-refractivity contribution in [2.45, 2.75) is 57.9 Å². The standard InChI is InChI=1S/C18H23N3O3/c1-11-19-17(24-20-11)15-7-14(22)10-21(15)9-13-6-4-5-12-8-18(2,3)23-16(12)13/h4-6,14-15,22H,7-10H2,1-3H3/t14-,15-/m1/s1. The van der Waals surface area contributed by atoms with Crippen LogP contribution in [-0.4, -0.2) is 38.4 Å². The van der Waals surface area contributed by atoms with Gasteiger partial charge >= 0.3 is 0 Å². The molecule has 6 nitrogen and oxygen atoms in total. The number of benzene rings is 1. The van der Waals surface area contributed by atoms with Crippen LogP contribution in [0.5, 0.6) is 5.75 Å². The highest BCUT2D eigenvalue weighted by Gasteiger charge is 2.37. The van der Waals surface area contributed by atoms with Gasteiger partial charge in [-0.25, -0.2) is 0 Å². The summed E-state index contributed by atoms with van der Waals surface area (Å²) in [6.07, 6.45) is 1.16. The molecule has 1 saturated heterocycles. The van der Waals surface area contributed by atoms with E-state index < -0.39 is 0 Å². The zero-order chi connectivity index (χ0) is 16.9. The summed E-state index contributed by atoms with van der Waals surface area (Å²) in [4.78, 5) is 6.55. The number of fused-ring (bicyclic) bond motifs is 1. The summed E-state index contributed by atoms with van der Waals surface area (Å²) in [6, 6.07) is 6.26. The number of β-amino-alcohol motifs (C(OH)–C–C–N with tert-alkyl or cyclic N) is 1. The molecule has 2 aliphatic rings. The predicted molar refractivity (Wildman–Crippen MR) is 87.7 cm³/mol. The fourth-order valence-corrected chi connectivity index (χ4v) is 3.78. The normalized spacial score (nSPS) is 25.7. The lowest BCUT2D eigenvalue weighted by Crippen LogP contribution is -2.26. The maximum Gasteiger partial charge on any atom is 0.244 e. The van der Waals surface area contributed by atoms with Gasteiger partial charge in [-0.2, -0.15) is 4.98 Å². The first-order valence-corrected chi connectivity index (χ1v) is 8.43. The topological polar surface area (TPSA) is 71.6 Å². The molecular weight excluding hydrogens is 306 g/mol. The van der Waals surface area contributed by atoms with Gasteiger partial charge in [0.1, 0.15) is 11.4 Å². The van der Waals surface area contributed by atoms with Crippen molar-refractivity contribution in [1.29, 1.82) is 0 Å². The maximum absolute atomic E-state index is 10.1. The molecule has 0 aliphatic carbocycles. The fraction of sp³-hybridized carbons (Fsp3) is 0.556. The fourth-order valence-electron chi connectivity index (χ4n) is 3.78. The van der Waals surface area contributed by atoms with Crippen molar-refractivity contribution in [3.8, 4) is 5.75 Å². The summed E-state index contributed by atoms with van der Waals surface area (Å²) in [6.45, 7) is 7.32. The lowest BCUT2D eigenvalue weighted by atomic mass is 10.0. The minimum absolute atomic E-state index is 0.0496. The zero-order valence-electron chi connectivity index (χ0n) is 14.3. The number of hydrogen-bond donors (Lipinski definition) is 1. The van der Waals surface area contributed by atoms with Crippen LogP contribution in [0.1, 0.15) is 49.2 Å². The van der Waals surface area contributed by atoms with Crippen molar-refractivity contribution in [3.05, 3.63) is 41.0 Å². The molecule has 2 aromatic rings. The van der Waals surface area contributed by atoms with Gasteiger partial charge in [0.25, 0.3) is 0 Å². The minimum Gasteiger partial charge on any atom is -0.487 e. The Kier molecular flexibility index (Phi) is 3.62. The van der Waals surface area contributed by atoms with Crippen molar-refractivity contribution >= 4 is 0 Å². The molecule has 4 rings (SSSR count). The molecule has 1 fully saturated rings. The molecule has 1 aromatic heterocycles. The maximum atomic E-state index is 10.1. The average Bonchev–Trinajstić information content (AvgIpc) is 3.15. The monoisotopic (exact) mass is 329 g/mol. The predicted octanol–water partition coefficient (Wildman–Crippen LogP) is 2.40. The summed E-state index contributed by atoms with van der Waals surface area (Å²) in [5, 5.41) is 14.0. The van der Waals surface area contributed by atoms with Gasteiger partial charge in [0, 0.05) is 25.1 Å². The van der Waals surface area contributed by atoms with Gasteiger partial charge in [0.15, 0.2) is 5.82 Å². The number of nitrogens with zero attached hydrogens (tertiary/aromatic N) is 3. The van der Waals surface area contributed by atoms with Crippen LogP contribution in [0.4, 0.5) is 0 Å². The van der Waals surface area contributed by atoms with E-state index in [1.807, 2.05) is 6.92 Å². The van der Waals surface area contributed by atoms with Gasteiger partial charge in [0.05, 0.1) is 12.1 Å².